The number of hydrogen-bond donors (Lipinski definition) is 2. The monoisotopic (exact) mass is 414 g/mol. The van der Waals surface area contributed by atoms with Crippen LogP contribution in [0.2, 0.25) is 0 Å². The smallest absolute Gasteiger partial charge is 0.193 e. The first-order chi connectivity index (χ1) is 14.7. The van der Waals surface area contributed by atoms with Crippen LogP contribution >= 0.6 is 0 Å². The fourth-order valence-corrected chi connectivity index (χ4v) is 3.13. The fraction of sp³-hybridized carbons (Fsp3) is 0.409. The van der Waals surface area contributed by atoms with Gasteiger partial charge in [-0.2, -0.15) is 0 Å². The summed E-state index contributed by atoms with van der Waals surface area (Å²) in [5.41, 5.74) is 7.83. The number of morpholine rings is 1. The average molecular weight is 415 g/mol. The highest BCUT2D eigenvalue weighted by Crippen LogP contribution is 2.29. The number of nitrogens with zero attached hydrogens (tertiary/aromatic N) is 2. The standard InChI is InChI=1S/C22H30N4O4/c1-27-20-7-6-18(15-21(20)28-2)25-22(23)24-16-17-4-3-5-19(14-17)30-13-10-26-8-11-29-12-9-26/h3-7,14-15H,8-13,16H2,1-2H3,(H3,23,24,25). The maximum absolute atomic E-state index is 6.04. The van der Waals surface area contributed by atoms with Gasteiger partial charge in [0.2, 0.25) is 0 Å². The summed E-state index contributed by atoms with van der Waals surface area (Å²) in [6.07, 6.45) is 0. The molecule has 8 nitrogen and oxygen atoms in total. The molecular weight excluding hydrogens is 384 g/mol. The zero-order valence-electron chi connectivity index (χ0n) is 17.6. The van der Waals surface area contributed by atoms with Crippen molar-refractivity contribution in [2.24, 2.45) is 10.7 Å². The number of methoxy groups -OCH3 is 2. The number of anilines is 1. The van der Waals surface area contributed by atoms with Gasteiger partial charge < -0.3 is 30.0 Å². The Kier molecular flexibility index (Phi) is 8.17. The molecule has 0 amide bonds. The number of guanidine groups is 1. The highest BCUT2D eigenvalue weighted by Gasteiger charge is 2.10. The van der Waals surface area contributed by atoms with Gasteiger partial charge in [0.1, 0.15) is 12.4 Å². The molecule has 2 aromatic rings. The van der Waals surface area contributed by atoms with E-state index in [1.54, 1.807) is 14.2 Å². The zero-order chi connectivity index (χ0) is 21.2. The molecule has 1 saturated heterocycles. The van der Waals surface area contributed by atoms with Crippen molar-refractivity contribution in [3.63, 3.8) is 0 Å². The Labute approximate surface area is 177 Å². The molecule has 3 N–H and O–H groups in total. The number of nitrogens with two attached hydrogens (primary N) is 1. The van der Waals surface area contributed by atoms with Gasteiger partial charge in [-0.05, 0) is 29.8 Å². The molecule has 0 saturated carbocycles. The van der Waals surface area contributed by atoms with E-state index in [-0.39, 0.29) is 0 Å². The molecule has 0 radical (unpaired) electrons. The highest BCUT2D eigenvalue weighted by atomic mass is 16.5. The molecule has 1 heterocycles. The van der Waals surface area contributed by atoms with Gasteiger partial charge in [-0.25, -0.2) is 4.99 Å². The third kappa shape index (κ3) is 6.53. The molecule has 0 spiro atoms. The van der Waals surface area contributed by atoms with Gasteiger partial charge in [0.15, 0.2) is 17.5 Å². The minimum absolute atomic E-state index is 0.320. The van der Waals surface area contributed by atoms with Gasteiger partial charge in [0.05, 0.1) is 34.0 Å². The average Bonchev–Trinajstić information content (AvgIpc) is 2.78. The molecule has 30 heavy (non-hydrogen) atoms. The molecule has 0 aromatic heterocycles. The number of benzene rings is 2. The van der Waals surface area contributed by atoms with Crippen LogP contribution in [0.5, 0.6) is 17.2 Å². The highest BCUT2D eigenvalue weighted by molar-refractivity contribution is 5.92. The van der Waals surface area contributed by atoms with E-state index in [9.17, 15) is 0 Å². The van der Waals surface area contributed by atoms with Crippen LogP contribution < -0.4 is 25.3 Å². The van der Waals surface area contributed by atoms with Crippen molar-refractivity contribution in [3.8, 4) is 17.2 Å². The summed E-state index contributed by atoms with van der Waals surface area (Å²) in [5, 5.41) is 3.07. The van der Waals surface area contributed by atoms with Gasteiger partial charge in [-0.3, -0.25) is 4.90 Å². The molecular formula is C22H30N4O4. The van der Waals surface area contributed by atoms with Crippen LogP contribution in [0.3, 0.4) is 0 Å². The molecule has 0 unspecified atom stereocenters. The largest absolute Gasteiger partial charge is 0.493 e. The van der Waals surface area contributed by atoms with Gasteiger partial charge >= 0.3 is 0 Å². The Balaban J connectivity index is 1.50. The predicted molar refractivity (Wildman–Crippen MR) is 118 cm³/mol. The Bertz CT molecular complexity index is 838. The van der Waals surface area contributed by atoms with Crippen LogP contribution in [-0.2, 0) is 11.3 Å². The minimum atomic E-state index is 0.320. The van der Waals surface area contributed by atoms with Crippen LogP contribution in [0.4, 0.5) is 5.69 Å². The lowest BCUT2D eigenvalue weighted by Gasteiger charge is -2.26. The summed E-state index contributed by atoms with van der Waals surface area (Å²) in [4.78, 5) is 6.76. The van der Waals surface area contributed by atoms with E-state index in [2.05, 4.69) is 15.2 Å². The molecule has 162 valence electrons. The van der Waals surface area contributed by atoms with Crippen LogP contribution in [0, 0.1) is 0 Å². The zero-order valence-corrected chi connectivity index (χ0v) is 17.6. The van der Waals surface area contributed by atoms with Crippen molar-refractivity contribution in [3.05, 3.63) is 48.0 Å². The lowest BCUT2D eigenvalue weighted by Crippen LogP contribution is -2.38. The number of ether oxygens (including phenoxy) is 4. The molecule has 1 aliphatic rings. The van der Waals surface area contributed by atoms with E-state index in [0.717, 1.165) is 49.8 Å². The van der Waals surface area contributed by atoms with Crippen molar-refractivity contribution in [2.75, 3.05) is 59.0 Å². The maximum atomic E-state index is 6.04. The second-order valence-corrected chi connectivity index (χ2v) is 6.85. The van der Waals surface area contributed by atoms with Crippen LogP contribution in [0.1, 0.15) is 5.56 Å². The lowest BCUT2D eigenvalue weighted by atomic mass is 10.2. The van der Waals surface area contributed by atoms with Crippen molar-refractivity contribution in [1.82, 2.24) is 4.90 Å². The van der Waals surface area contributed by atoms with Gasteiger partial charge in [-0.1, -0.05) is 12.1 Å². The summed E-state index contributed by atoms with van der Waals surface area (Å²) in [6, 6.07) is 13.4. The van der Waals surface area contributed by atoms with Gasteiger partial charge in [0.25, 0.3) is 0 Å². The molecule has 0 bridgehead atoms. The van der Waals surface area contributed by atoms with E-state index >= 15 is 0 Å². The second-order valence-electron chi connectivity index (χ2n) is 6.85. The number of aliphatic imine (C=N–C) groups is 1. The van der Waals surface area contributed by atoms with Crippen LogP contribution in [0.25, 0.3) is 0 Å². The van der Waals surface area contributed by atoms with Crippen molar-refractivity contribution in [2.45, 2.75) is 6.54 Å². The summed E-state index contributed by atoms with van der Waals surface area (Å²) < 4.78 is 21.8. The summed E-state index contributed by atoms with van der Waals surface area (Å²) in [5.74, 6) is 2.43. The van der Waals surface area contributed by atoms with Crippen LogP contribution in [-0.4, -0.2) is 64.5 Å². The third-order valence-corrected chi connectivity index (χ3v) is 4.77. The van der Waals surface area contributed by atoms with Crippen molar-refractivity contribution in [1.29, 1.82) is 0 Å². The topological polar surface area (TPSA) is 90.6 Å². The summed E-state index contributed by atoms with van der Waals surface area (Å²) in [7, 11) is 3.19. The SMILES string of the molecule is COc1ccc(NC(N)=NCc2cccc(OCCN3CCOCC3)c2)cc1OC. The molecule has 2 aromatic carbocycles. The van der Waals surface area contributed by atoms with E-state index in [1.165, 1.54) is 0 Å². The minimum Gasteiger partial charge on any atom is -0.493 e. The number of nitrogens with one attached hydrogen (secondary N) is 1. The Hall–Kier alpha value is -2.97. The predicted octanol–water partition coefficient (Wildman–Crippen LogP) is 2.34. The van der Waals surface area contributed by atoms with Gasteiger partial charge in [0, 0.05) is 31.4 Å². The lowest BCUT2D eigenvalue weighted by molar-refractivity contribution is 0.0322. The first kappa shape index (κ1) is 21.7. The van der Waals surface area contributed by atoms with Crippen molar-refractivity contribution < 1.29 is 18.9 Å². The maximum Gasteiger partial charge on any atom is 0.193 e. The number of rotatable bonds is 9. The van der Waals surface area contributed by atoms with E-state index in [4.69, 9.17) is 24.7 Å². The summed E-state index contributed by atoms with van der Waals surface area (Å²) >= 11 is 0. The Morgan fingerprint density at radius 2 is 1.90 bits per heavy atom. The number of hydrogen-bond acceptors (Lipinski definition) is 6. The quantitative estimate of drug-likeness (QED) is 0.481. The van der Waals surface area contributed by atoms with Gasteiger partial charge in [-0.15, -0.1) is 0 Å². The second kappa shape index (κ2) is 11.3. The molecule has 3 rings (SSSR count). The van der Waals surface area contributed by atoms with E-state index in [0.29, 0.717) is 30.6 Å². The normalized spacial score (nSPS) is 14.9. The van der Waals surface area contributed by atoms with Crippen molar-refractivity contribution >= 4 is 11.6 Å². The van der Waals surface area contributed by atoms with E-state index < -0.39 is 0 Å². The Morgan fingerprint density at radius 1 is 1.10 bits per heavy atom. The third-order valence-electron chi connectivity index (χ3n) is 4.77. The fourth-order valence-electron chi connectivity index (χ4n) is 3.13. The Morgan fingerprint density at radius 3 is 2.67 bits per heavy atom. The molecule has 0 atom stereocenters. The van der Waals surface area contributed by atoms with E-state index in [1.807, 2.05) is 42.5 Å². The first-order valence-corrected chi connectivity index (χ1v) is 9.99. The first-order valence-electron chi connectivity index (χ1n) is 9.99. The van der Waals surface area contributed by atoms with Crippen LogP contribution in [0.15, 0.2) is 47.5 Å². The summed E-state index contributed by atoms with van der Waals surface area (Å²) in [6.45, 7) is 5.52. The molecule has 8 heteroatoms. The molecule has 1 fully saturated rings. The molecule has 1 aliphatic heterocycles. The molecule has 0 aliphatic carbocycles.